The van der Waals surface area contributed by atoms with Gasteiger partial charge >= 0.3 is 0 Å². The van der Waals surface area contributed by atoms with Gasteiger partial charge in [-0.15, -0.1) is 0 Å². The molecule has 0 unspecified atom stereocenters. The summed E-state index contributed by atoms with van der Waals surface area (Å²) in [6.45, 7) is 8.95. The Morgan fingerprint density at radius 1 is 0.944 bits per heavy atom. The van der Waals surface area contributed by atoms with Crippen molar-refractivity contribution in [1.29, 1.82) is 0 Å². The van der Waals surface area contributed by atoms with Crippen molar-refractivity contribution >= 4 is 0 Å². The molecule has 18 heavy (non-hydrogen) atoms. The van der Waals surface area contributed by atoms with Crippen molar-refractivity contribution in [2.24, 2.45) is 5.92 Å². The van der Waals surface area contributed by atoms with Gasteiger partial charge in [-0.1, -0.05) is 64.3 Å². The van der Waals surface area contributed by atoms with E-state index in [4.69, 9.17) is 0 Å². The monoisotopic (exact) mass is 247 g/mol. The van der Waals surface area contributed by atoms with Gasteiger partial charge in [0.1, 0.15) is 0 Å². The lowest BCUT2D eigenvalue weighted by atomic mass is 10.0. The second-order valence-electron chi connectivity index (χ2n) is 5.65. The van der Waals surface area contributed by atoms with Crippen molar-refractivity contribution in [2.45, 2.75) is 59.4 Å². The van der Waals surface area contributed by atoms with Gasteiger partial charge in [-0.05, 0) is 36.4 Å². The largest absolute Gasteiger partial charge is 0.313 e. The first-order valence-electron chi connectivity index (χ1n) is 7.51. The smallest absolute Gasteiger partial charge is 0.0205 e. The summed E-state index contributed by atoms with van der Waals surface area (Å²) < 4.78 is 0. The maximum absolute atomic E-state index is 3.52. The first kappa shape index (κ1) is 15.2. The standard InChI is InChI=1S/C17H29N/c1-4-5-6-7-12-18-14-17-10-8-16(9-11-17)13-15(2)3/h8-11,15,18H,4-7,12-14H2,1-3H3. The fourth-order valence-electron chi connectivity index (χ4n) is 2.17. The summed E-state index contributed by atoms with van der Waals surface area (Å²) >= 11 is 0. The Bertz CT molecular complexity index is 300. The van der Waals surface area contributed by atoms with Crippen LogP contribution in [0.25, 0.3) is 0 Å². The van der Waals surface area contributed by atoms with E-state index < -0.39 is 0 Å². The van der Waals surface area contributed by atoms with E-state index in [2.05, 4.69) is 50.4 Å². The number of unbranched alkanes of at least 4 members (excludes halogenated alkanes) is 3. The molecule has 0 radical (unpaired) electrons. The van der Waals surface area contributed by atoms with Gasteiger partial charge in [0.05, 0.1) is 0 Å². The van der Waals surface area contributed by atoms with Gasteiger partial charge in [-0.2, -0.15) is 0 Å². The van der Waals surface area contributed by atoms with E-state index in [0.29, 0.717) is 0 Å². The average Bonchev–Trinajstić information content (AvgIpc) is 2.35. The lowest BCUT2D eigenvalue weighted by Crippen LogP contribution is -2.14. The van der Waals surface area contributed by atoms with Crippen LogP contribution in [0.5, 0.6) is 0 Å². The van der Waals surface area contributed by atoms with E-state index in [1.165, 1.54) is 43.2 Å². The zero-order valence-electron chi connectivity index (χ0n) is 12.3. The lowest BCUT2D eigenvalue weighted by Gasteiger charge is -2.07. The van der Waals surface area contributed by atoms with Crippen LogP contribution in [0.15, 0.2) is 24.3 Å². The Kier molecular flexibility index (Phi) is 7.75. The third-order valence-corrected chi connectivity index (χ3v) is 3.20. The number of hydrogen-bond donors (Lipinski definition) is 1. The highest BCUT2D eigenvalue weighted by molar-refractivity contribution is 5.22. The van der Waals surface area contributed by atoms with Crippen LogP contribution in [0.1, 0.15) is 57.6 Å². The number of benzene rings is 1. The number of rotatable bonds is 9. The van der Waals surface area contributed by atoms with Gasteiger partial charge < -0.3 is 5.32 Å². The first-order valence-corrected chi connectivity index (χ1v) is 7.51. The highest BCUT2D eigenvalue weighted by Gasteiger charge is 1.98. The molecule has 0 amide bonds. The minimum atomic E-state index is 0.743. The van der Waals surface area contributed by atoms with E-state index in [1.54, 1.807) is 0 Å². The zero-order valence-corrected chi connectivity index (χ0v) is 12.3. The molecule has 1 rings (SSSR count). The maximum Gasteiger partial charge on any atom is 0.0205 e. The molecule has 0 heterocycles. The Morgan fingerprint density at radius 2 is 1.61 bits per heavy atom. The Hall–Kier alpha value is -0.820. The first-order chi connectivity index (χ1) is 8.72. The molecule has 0 saturated carbocycles. The molecule has 0 spiro atoms. The molecule has 1 aromatic rings. The van der Waals surface area contributed by atoms with Gasteiger partial charge in [-0.25, -0.2) is 0 Å². The molecular formula is C17H29N. The Morgan fingerprint density at radius 3 is 2.22 bits per heavy atom. The Balaban J connectivity index is 2.18. The molecule has 0 atom stereocenters. The molecule has 1 nitrogen and oxygen atoms in total. The van der Waals surface area contributed by atoms with Crippen molar-refractivity contribution in [3.8, 4) is 0 Å². The summed E-state index contributed by atoms with van der Waals surface area (Å²) in [5.41, 5.74) is 2.86. The molecule has 0 saturated heterocycles. The third kappa shape index (κ3) is 6.80. The predicted octanol–water partition coefficient (Wildman–Crippen LogP) is 4.56. The molecule has 1 aromatic carbocycles. The van der Waals surface area contributed by atoms with Crippen LogP contribution in [-0.4, -0.2) is 6.54 Å². The van der Waals surface area contributed by atoms with Gasteiger partial charge in [0, 0.05) is 6.54 Å². The number of nitrogens with one attached hydrogen (secondary N) is 1. The molecule has 1 heteroatoms. The van der Waals surface area contributed by atoms with E-state index in [1.807, 2.05) is 0 Å². The summed E-state index contributed by atoms with van der Waals surface area (Å²) in [5, 5.41) is 3.52. The van der Waals surface area contributed by atoms with E-state index in [-0.39, 0.29) is 0 Å². The molecular weight excluding hydrogens is 218 g/mol. The van der Waals surface area contributed by atoms with Crippen molar-refractivity contribution in [3.63, 3.8) is 0 Å². The summed E-state index contributed by atoms with van der Waals surface area (Å²) in [7, 11) is 0. The normalized spacial score (nSPS) is 11.1. The van der Waals surface area contributed by atoms with Crippen LogP contribution in [0, 0.1) is 5.92 Å². The van der Waals surface area contributed by atoms with E-state index >= 15 is 0 Å². The van der Waals surface area contributed by atoms with Gasteiger partial charge in [0.25, 0.3) is 0 Å². The number of hydrogen-bond acceptors (Lipinski definition) is 1. The van der Waals surface area contributed by atoms with Crippen molar-refractivity contribution in [3.05, 3.63) is 35.4 Å². The summed E-state index contributed by atoms with van der Waals surface area (Å²) in [6, 6.07) is 9.07. The molecule has 0 fully saturated rings. The van der Waals surface area contributed by atoms with Crippen molar-refractivity contribution in [1.82, 2.24) is 5.32 Å². The summed E-state index contributed by atoms with van der Waals surface area (Å²) in [5.74, 6) is 0.743. The van der Waals surface area contributed by atoms with Gasteiger partial charge in [0.2, 0.25) is 0 Å². The minimum Gasteiger partial charge on any atom is -0.313 e. The van der Waals surface area contributed by atoms with Gasteiger partial charge in [-0.3, -0.25) is 0 Å². The molecule has 0 aliphatic carbocycles. The molecule has 0 aromatic heterocycles. The summed E-state index contributed by atoms with van der Waals surface area (Å²) in [6.07, 6.45) is 6.53. The Labute approximate surface area is 113 Å². The third-order valence-electron chi connectivity index (χ3n) is 3.20. The van der Waals surface area contributed by atoms with E-state index in [0.717, 1.165) is 19.0 Å². The maximum atomic E-state index is 3.52. The molecule has 0 aliphatic rings. The lowest BCUT2D eigenvalue weighted by molar-refractivity contribution is 0.598. The van der Waals surface area contributed by atoms with Crippen LogP contribution in [0.3, 0.4) is 0 Å². The van der Waals surface area contributed by atoms with Crippen LogP contribution in [0.4, 0.5) is 0 Å². The van der Waals surface area contributed by atoms with Crippen LogP contribution in [0.2, 0.25) is 0 Å². The second kappa shape index (κ2) is 9.16. The fourth-order valence-corrected chi connectivity index (χ4v) is 2.17. The highest BCUT2D eigenvalue weighted by atomic mass is 14.8. The predicted molar refractivity (Wildman–Crippen MR) is 80.8 cm³/mol. The highest BCUT2D eigenvalue weighted by Crippen LogP contribution is 2.09. The summed E-state index contributed by atoms with van der Waals surface area (Å²) in [4.78, 5) is 0. The SMILES string of the molecule is CCCCCCNCc1ccc(CC(C)C)cc1. The molecule has 1 N–H and O–H groups in total. The molecule has 0 bridgehead atoms. The average molecular weight is 247 g/mol. The van der Waals surface area contributed by atoms with E-state index in [9.17, 15) is 0 Å². The topological polar surface area (TPSA) is 12.0 Å². The van der Waals surface area contributed by atoms with Crippen molar-refractivity contribution < 1.29 is 0 Å². The quantitative estimate of drug-likeness (QED) is 0.631. The van der Waals surface area contributed by atoms with Crippen LogP contribution >= 0.6 is 0 Å². The van der Waals surface area contributed by atoms with Crippen molar-refractivity contribution in [2.75, 3.05) is 6.54 Å². The minimum absolute atomic E-state index is 0.743. The molecule has 102 valence electrons. The zero-order chi connectivity index (χ0) is 13.2. The van der Waals surface area contributed by atoms with Gasteiger partial charge in [0.15, 0.2) is 0 Å². The van der Waals surface area contributed by atoms with Crippen LogP contribution < -0.4 is 5.32 Å². The van der Waals surface area contributed by atoms with Crippen LogP contribution in [-0.2, 0) is 13.0 Å². The second-order valence-corrected chi connectivity index (χ2v) is 5.65. The molecule has 0 aliphatic heterocycles. The fraction of sp³-hybridized carbons (Fsp3) is 0.647.